The quantitative estimate of drug-likeness (QED) is 0.924. The van der Waals surface area contributed by atoms with Gasteiger partial charge in [0.05, 0.1) is 12.1 Å². The van der Waals surface area contributed by atoms with Gasteiger partial charge in [0.1, 0.15) is 0 Å². The van der Waals surface area contributed by atoms with Crippen LogP contribution in [0.4, 0.5) is 0 Å². The topological polar surface area (TPSA) is 72.2 Å². The van der Waals surface area contributed by atoms with Crippen molar-refractivity contribution in [1.82, 2.24) is 9.55 Å². The normalized spacial score (nSPS) is 10.6. The van der Waals surface area contributed by atoms with E-state index in [4.69, 9.17) is 5.11 Å². The third-order valence-corrected chi connectivity index (χ3v) is 3.28. The summed E-state index contributed by atoms with van der Waals surface area (Å²) in [6, 6.07) is 7.45. The van der Waals surface area contributed by atoms with E-state index >= 15 is 0 Å². The van der Waals surface area contributed by atoms with Crippen LogP contribution in [0.25, 0.3) is 5.69 Å². The third kappa shape index (κ3) is 2.61. The fourth-order valence-corrected chi connectivity index (χ4v) is 2.21. The Morgan fingerprint density at radius 3 is 2.35 bits per heavy atom. The van der Waals surface area contributed by atoms with E-state index in [0.717, 1.165) is 5.56 Å². The molecule has 0 saturated carbocycles. The number of benzene rings is 1. The van der Waals surface area contributed by atoms with Gasteiger partial charge in [0.25, 0.3) is 0 Å². The number of carboxylic acid groups (broad SMARTS) is 1. The summed E-state index contributed by atoms with van der Waals surface area (Å²) in [5.74, 6) is -0.938. The number of rotatable bonds is 3. The van der Waals surface area contributed by atoms with Gasteiger partial charge in [-0.15, -0.1) is 0 Å². The van der Waals surface area contributed by atoms with E-state index in [1.54, 1.807) is 13.8 Å². The maximum Gasteiger partial charge on any atom is 0.352 e. The minimum absolute atomic E-state index is 0.142. The van der Waals surface area contributed by atoms with Crippen LogP contribution in [0.15, 0.2) is 29.1 Å². The summed E-state index contributed by atoms with van der Waals surface area (Å²) < 4.78 is 1.45. The van der Waals surface area contributed by atoms with Crippen molar-refractivity contribution >= 4 is 5.97 Å². The minimum Gasteiger partial charge on any atom is -0.481 e. The smallest absolute Gasteiger partial charge is 0.352 e. The Morgan fingerprint density at radius 1 is 1.20 bits per heavy atom. The molecule has 0 fully saturated rings. The van der Waals surface area contributed by atoms with E-state index in [9.17, 15) is 9.59 Å². The van der Waals surface area contributed by atoms with E-state index in [-0.39, 0.29) is 6.42 Å². The second-order valence-corrected chi connectivity index (χ2v) is 4.79. The molecule has 2 aromatic rings. The molecule has 0 atom stereocenters. The lowest BCUT2D eigenvalue weighted by atomic mass is 10.1. The van der Waals surface area contributed by atoms with Gasteiger partial charge in [-0.3, -0.25) is 9.36 Å². The van der Waals surface area contributed by atoms with Crippen LogP contribution in [0.5, 0.6) is 0 Å². The molecule has 104 valence electrons. The Balaban J connectivity index is 2.67. The largest absolute Gasteiger partial charge is 0.481 e. The predicted molar refractivity (Wildman–Crippen MR) is 75.4 cm³/mol. The molecule has 1 heterocycles. The van der Waals surface area contributed by atoms with Crippen molar-refractivity contribution in [3.8, 4) is 5.69 Å². The van der Waals surface area contributed by atoms with Gasteiger partial charge in [-0.05, 0) is 32.9 Å². The summed E-state index contributed by atoms with van der Waals surface area (Å²) in [6.07, 6.45) is -0.142. The second kappa shape index (κ2) is 5.28. The summed E-state index contributed by atoms with van der Waals surface area (Å²) in [6.45, 7) is 5.36. The highest BCUT2D eigenvalue weighted by atomic mass is 16.4. The Labute approximate surface area is 116 Å². The average molecular weight is 272 g/mol. The maximum absolute atomic E-state index is 12.1. The average Bonchev–Trinajstić information content (AvgIpc) is 2.36. The molecule has 0 aliphatic heterocycles. The van der Waals surface area contributed by atoms with Crippen LogP contribution in [0.2, 0.25) is 0 Å². The molecule has 0 amide bonds. The van der Waals surface area contributed by atoms with Crippen LogP contribution in [0.3, 0.4) is 0 Å². The molecule has 1 N–H and O–H groups in total. The summed E-state index contributed by atoms with van der Waals surface area (Å²) in [5.41, 5.74) is 3.06. The summed E-state index contributed by atoms with van der Waals surface area (Å²) >= 11 is 0. The van der Waals surface area contributed by atoms with Crippen LogP contribution in [0, 0.1) is 20.8 Å². The zero-order chi connectivity index (χ0) is 14.9. The fraction of sp³-hybridized carbons (Fsp3) is 0.267. The first kappa shape index (κ1) is 14.0. The highest BCUT2D eigenvalue weighted by molar-refractivity contribution is 5.71. The van der Waals surface area contributed by atoms with Gasteiger partial charge < -0.3 is 5.11 Å². The Bertz CT molecular complexity index is 715. The van der Waals surface area contributed by atoms with E-state index in [1.165, 1.54) is 4.57 Å². The van der Waals surface area contributed by atoms with Crippen LogP contribution >= 0.6 is 0 Å². The zero-order valence-electron chi connectivity index (χ0n) is 11.7. The van der Waals surface area contributed by atoms with Crippen molar-refractivity contribution in [2.24, 2.45) is 0 Å². The molecule has 0 aliphatic rings. The molecule has 0 aliphatic carbocycles. The number of aliphatic carboxylic acids is 1. The predicted octanol–water partition coefficient (Wildman–Crippen LogP) is 1.78. The molecule has 20 heavy (non-hydrogen) atoms. The Hall–Kier alpha value is -2.43. The fourth-order valence-electron chi connectivity index (χ4n) is 2.21. The van der Waals surface area contributed by atoms with Crippen molar-refractivity contribution in [2.75, 3.05) is 0 Å². The van der Waals surface area contributed by atoms with E-state index in [2.05, 4.69) is 4.98 Å². The van der Waals surface area contributed by atoms with E-state index < -0.39 is 11.7 Å². The number of aromatic nitrogens is 2. The minimum atomic E-state index is -0.938. The molecule has 0 bridgehead atoms. The van der Waals surface area contributed by atoms with Gasteiger partial charge in [0, 0.05) is 17.0 Å². The van der Waals surface area contributed by atoms with Gasteiger partial charge in [-0.1, -0.05) is 17.7 Å². The number of aryl methyl sites for hydroxylation is 2. The van der Waals surface area contributed by atoms with Crippen molar-refractivity contribution in [3.63, 3.8) is 0 Å². The van der Waals surface area contributed by atoms with E-state index in [1.807, 2.05) is 31.2 Å². The van der Waals surface area contributed by atoms with Crippen LogP contribution in [-0.4, -0.2) is 20.6 Å². The second-order valence-electron chi connectivity index (χ2n) is 4.79. The number of hydrogen-bond acceptors (Lipinski definition) is 3. The molecule has 0 radical (unpaired) electrons. The first-order valence-corrected chi connectivity index (χ1v) is 6.28. The molecule has 2 rings (SSSR count). The molecular formula is C15H16N2O3. The van der Waals surface area contributed by atoms with Gasteiger partial charge >= 0.3 is 11.7 Å². The van der Waals surface area contributed by atoms with Crippen molar-refractivity contribution < 1.29 is 9.90 Å². The molecule has 0 spiro atoms. The van der Waals surface area contributed by atoms with Gasteiger partial charge in [0.15, 0.2) is 0 Å². The zero-order valence-corrected chi connectivity index (χ0v) is 11.7. The maximum atomic E-state index is 12.1. The monoisotopic (exact) mass is 272 g/mol. The van der Waals surface area contributed by atoms with Gasteiger partial charge in [-0.25, -0.2) is 4.79 Å². The van der Waals surface area contributed by atoms with Crippen LogP contribution in [0.1, 0.15) is 22.5 Å². The highest BCUT2D eigenvalue weighted by Gasteiger charge is 2.15. The number of hydrogen-bond donors (Lipinski definition) is 1. The number of carbonyl (C=O) groups is 1. The van der Waals surface area contributed by atoms with Crippen LogP contribution in [-0.2, 0) is 11.2 Å². The number of nitrogens with zero attached hydrogens (tertiary/aromatic N) is 2. The lowest BCUT2D eigenvalue weighted by Gasteiger charge is -2.14. The van der Waals surface area contributed by atoms with Crippen molar-refractivity contribution in [2.45, 2.75) is 27.2 Å². The highest BCUT2D eigenvalue weighted by Crippen LogP contribution is 2.15. The lowest BCUT2D eigenvalue weighted by molar-refractivity contribution is -0.136. The molecule has 0 saturated heterocycles. The molecular weight excluding hydrogens is 256 g/mol. The van der Waals surface area contributed by atoms with E-state index in [0.29, 0.717) is 22.6 Å². The lowest BCUT2D eigenvalue weighted by Crippen LogP contribution is -2.27. The van der Waals surface area contributed by atoms with Gasteiger partial charge in [0.2, 0.25) is 0 Å². The van der Waals surface area contributed by atoms with Crippen molar-refractivity contribution in [1.29, 1.82) is 0 Å². The van der Waals surface area contributed by atoms with Gasteiger partial charge in [-0.2, -0.15) is 4.98 Å². The molecule has 1 aromatic carbocycles. The summed E-state index contributed by atoms with van der Waals surface area (Å²) in [7, 11) is 0. The molecule has 5 nitrogen and oxygen atoms in total. The Morgan fingerprint density at radius 2 is 1.80 bits per heavy atom. The molecule has 5 heteroatoms. The Kier molecular flexibility index (Phi) is 3.70. The van der Waals surface area contributed by atoms with Crippen LogP contribution < -0.4 is 5.69 Å². The first-order chi connectivity index (χ1) is 9.40. The standard InChI is InChI=1S/C15H16N2O3/c1-9-4-6-12(7-5-9)17-11(3)13(8-14(18)19)10(2)16-15(17)20/h4-7H,8H2,1-3H3,(H,18,19). The summed E-state index contributed by atoms with van der Waals surface area (Å²) in [5, 5.41) is 8.97. The SMILES string of the molecule is Cc1ccc(-n2c(C)c(CC(=O)O)c(C)nc2=O)cc1. The first-order valence-electron chi connectivity index (χ1n) is 6.28. The third-order valence-electron chi connectivity index (χ3n) is 3.28. The molecule has 1 aromatic heterocycles. The summed E-state index contributed by atoms with van der Waals surface area (Å²) in [4.78, 5) is 27.0. The van der Waals surface area contributed by atoms with Crippen molar-refractivity contribution in [3.05, 3.63) is 57.3 Å². The molecule has 0 unspecified atom stereocenters. The number of carboxylic acids is 1.